The maximum absolute atomic E-state index is 12.6. The Kier molecular flexibility index (Phi) is 5.56. The SMILES string of the molecule is Cc1ccc(/C=C2\SC(=S)N(CC(=O)N3CC[NH+](C)CC3)C2=O)cc1. The van der Waals surface area contributed by atoms with Gasteiger partial charge in [-0.15, -0.1) is 0 Å². The fraction of sp³-hybridized carbons (Fsp3) is 0.389. The Bertz CT molecular complexity index is 722. The van der Waals surface area contributed by atoms with Gasteiger partial charge in [0.15, 0.2) is 0 Å². The molecule has 2 saturated heterocycles. The number of carbonyl (C=O) groups excluding carboxylic acids is 2. The van der Waals surface area contributed by atoms with Crippen molar-refractivity contribution in [2.24, 2.45) is 0 Å². The van der Waals surface area contributed by atoms with Gasteiger partial charge < -0.3 is 9.80 Å². The van der Waals surface area contributed by atoms with Crippen LogP contribution in [0.25, 0.3) is 6.08 Å². The van der Waals surface area contributed by atoms with E-state index >= 15 is 0 Å². The van der Waals surface area contributed by atoms with Crippen molar-refractivity contribution in [2.75, 3.05) is 39.8 Å². The third-order valence-electron chi connectivity index (χ3n) is 4.51. The monoisotopic (exact) mass is 376 g/mol. The summed E-state index contributed by atoms with van der Waals surface area (Å²) in [5.41, 5.74) is 2.13. The Labute approximate surface area is 157 Å². The van der Waals surface area contributed by atoms with Crippen LogP contribution in [0, 0.1) is 6.92 Å². The molecular formula is C18H22N3O2S2+. The molecule has 5 nitrogen and oxygen atoms in total. The summed E-state index contributed by atoms with van der Waals surface area (Å²) in [7, 11) is 2.12. The lowest BCUT2D eigenvalue weighted by Gasteiger charge is -2.31. The van der Waals surface area contributed by atoms with Crippen LogP contribution >= 0.6 is 24.0 Å². The fourth-order valence-corrected chi connectivity index (χ4v) is 4.08. The Morgan fingerprint density at radius 1 is 1.28 bits per heavy atom. The highest BCUT2D eigenvalue weighted by Gasteiger charge is 2.35. The molecule has 25 heavy (non-hydrogen) atoms. The zero-order valence-corrected chi connectivity index (χ0v) is 16.1. The molecule has 0 atom stereocenters. The van der Waals surface area contributed by atoms with Crippen molar-refractivity contribution in [3.8, 4) is 0 Å². The summed E-state index contributed by atoms with van der Waals surface area (Å²) in [6.07, 6.45) is 1.84. The Morgan fingerprint density at radius 2 is 1.92 bits per heavy atom. The number of amides is 2. The normalized spacial score (nSPS) is 20.6. The molecule has 2 amide bonds. The lowest BCUT2D eigenvalue weighted by molar-refractivity contribution is -0.883. The number of thioether (sulfide) groups is 1. The first kappa shape index (κ1) is 18.1. The van der Waals surface area contributed by atoms with Gasteiger partial charge in [0.05, 0.1) is 38.1 Å². The summed E-state index contributed by atoms with van der Waals surface area (Å²) >= 11 is 6.59. The molecule has 0 bridgehead atoms. The van der Waals surface area contributed by atoms with Crippen molar-refractivity contribution >= 4 is 46.2 Å². The Hall–Kier alpha value is -1.70. The van der Waals surface area contributed by atoms with Gasteiger partial charge in [0.25, 0.3) is 5.91 Å². The van der Waals surface area contributed by atoms with Crippen molar-refractivity contribution in [3.63, 3.8) is 0 Å². The summed E-state index contributed by atoms with van der Waals surface area (Å²) in [5.74, 6) is -0.205. The largest absolute Gasteiger partial charge is 0.334 e. The van der Waals surface area contributed by atoms with E-state index in [0.717, 1.165) is 31.7 Å². The highest BCUT2D eigenvalue weighted by Crippen LogP contribution is 2.32. The van der Waals surface area contributed by atoms with Gasteiger partial charge in [-0.2, -0.15) is 0 Å². The molecule has 0 spiro atoms. The van der Waals surface area contributed by atoms with Crippen LogP contribution in [0.3, 0.4) is 0 Å². The summed E-state index contributed by atoms with van der Waals surface area (Å²) in [4.78, 5) is 30.4. The van der Waals surface area contributed by atoms with Crippen LogP contribution in [-0.4, -0.2) is 65.7 Å². The number of carbonyl (C=O) groups is 2. The van der Waals surface area contributed by atoms with Gasteiger partial charge in [0.2, 0.25) is 5.91 Å². The minimum atomic E-state index is -0.177. The van der Waals surface area contributed by atoms with Gasteiger partial charge >= 0.3 is 0 Å². The lowest BCUT2D eigenvalue weighted by atomic mass is 10.1. The second kappa shape index (κ2) is 7.68. The molecule has 0 aliphatic carbocycles. The number of nitrogens with zero attached hydrogens (tertiary/aromatic N) is 2. The maximum atomic E-state index is 12.6. The van der Waals surface area contributed by atoms with E-state index in [1.165, 1.54) is 27.1 Å². The molecular weight excluding hydrogens is 354 g/mol. The van der Waals surface area contributed by atoms with Crippen LogP contribution < -0.4 is 4.90 Å². The molecule has 2 aliphatic rings. The first-order valence-corrected chi connectivity index (χ1v) is 9.57. The molecule has 1 aromatic carbocycles. The van der Waals surface area contributed by atoms with Gasteiger partial charge in [0, 0.05) is 0 Å². The minimum absolute atomic E-state index is 0.0274. The van der Waals surface area contributed by atoms with E-state index in [9.17, 15) is 9.59 Å². The van der Waals surface area contributed by atoms with Gasteiger partial charge in [0.1, 0.15) is 10.9 Å². The van der Waals surface area contributed by atoms with E-state index < -0.39 is 0 Å². The minimum Gasteiger partial charge on any atom is -0.334 e. The molecule has 2 fully saturated rings. The van der Waals surface area contributed by atoms with E-state index in [1.807, 2.05) is 42.2 Å². The van der Waals surface area contributed by atoms with E-state index in [4.69, 9.17) is 12.2 Å². The maximum Gasteiger partial charge on any atom is 0.266 e. The number of thiocarbonyl (C=S) groups is 1. The second-order valence-electron chi connectivity index (χ2n) is 6.52. The number of hydrogen-bond acceptors (Lipinski definition) is 4. The van der Waals surface area contributed by atoms with Crippen molar-refractivity contribution in [3.05, 3.63) is 40.3 Å². The number of quaternary nitrogens is 1. The number of likely N-dealkylation sites (N-methyl/N-ethyl adjacent to an activating group) is 1. The third-order valence-corrected chi connectivity index (χ3v) is 5.89. The summed E-state index contributed by atoms with van der Waals surface area (Å²) < 4.78 is 0.455. The fourth-order valence-electron chi connectivity index (χ4n) is 2.82. The van der Waals surface area contributed by atoms with Crippen molar-refractivity contribution in [2.45, 2.75) is 6.92 Å². The van der Waals surface area contributed by atoms with Crippen LogP contribution in [0.15, 0.2) is 29.2 Å². The van der Waals surface area contributed by atoms with E-state index in [0.29, 0.717) is 9.23 Å². The number of hydrogen-bond donors (Lipinski definition) is 1. The number of nitrogens with one attached hydrogen (secondary N) is 1. The predicted molar refractivity (Wildman–Crippen MR) is 104 cm³/mol. The smallest absolute Gasteiger partial charge is 0.266 e. The molecule has 7 heteroatoms. The zero-order valence-electron chi connectivity index (χ0n) is 14.4. The quantitative estimate of drug-likeness (QED) is 0.618. The lowest BCUT2D eigenvalue weighted by Crippen LogP contribution is -3.12. The summed E-state index contributed by atoms with van der Waals surface area (Å²) in [5, 5.41) is 0. The highest BCUT2D eigenvalue weighted by molar-refractivity contribution is 8.26. The van der Waals surface area contributed by atoms with E-state index in [-0.39, 0.29) is 18.4 Å². The van der Waals surface area contributed by atoms with Crippen molar-refractivity contribution < 1.29 is 14.5 Å². The number of rotatable bonds is 3. The third kappa shape index (κ3) is 4.29. The average Bonchev–Trinajstić information content (AvgIpc) is 2.85. The molecule has 2 heterocycles. The van der Waals surface area contributed by atoms with Crippen LogP contribution in [0.2, 0.25) is 0 Å². The second-order valence-corrected chi connectivity index (χ2v) is 8.19. The first-order valence-electron chi connectivity index (χ1n) is 8.35. The Balaban J connectivity index is 1.67. The number of piperazine rings is 1. The molecule has 132 valence electrons. The topological polar surface area (TPSA) is 45.1 Å². The summed E-state index contributed by atoms with van der Waals surface area (Å²) in [6.45, 7) is 5.41. The number of benzene rings is 1. The molecule has 0 saturated carbocycles. The molecule has 1 N–H and O–H groups in total. The van der Waals surface area contributed by atoms with E-state index in [2.05, 4.69) is 7.05 Å². The average molecular weight is 377 g/mol. The van der Waals surface area contributed by atoms with Gasteiger partial charge in [-0.05, 0) is 18.6 Å². The summed E-state index contributed by atoms with van der Waals surface area (Å²) in [6, 6.07) is 7.95. The molecule has 0 aromatic heterocycles. The molecule has 2 aliphatic heterocycles. The van der Waals surface area contributed by atoms with Crippen LogP contribution in [-0.2, 0) is 9.59 Å². The Morgan fingerprint density at radius 3 is 2.56 bits per heavy atom. The molecule has 0 radical (unpaired) electrons. The van der Waals surface area contributed by atoms with E-state index in [1.54, 1.807) is 0 Å². The van der Waals surface area contributed by atoms with Gasteiger partial charge in [-0.1, -0.05) is 53.8 Å². The molecule has 1 aromatic rings. The van der Waals surface area contributed by atoms with Gasteiger partial charge in [-0.25, -0.2) is 0 Å². The van der Waals surface area contributed by atoms with Gasteiger partial charge in [-0.3, -0.25) is 14.5 Å². The zero-order chi connectivity index (χ0) is 18.0. The standard InChI is InChI=1S/C18H21N3O2S2/c1-13-3-5-14(6-4-13)11-15-17(23)21(18(24)25-15)12-16(22)20-9-7-19(2)8-10-20/h3-6,11H,7-10,12H2,1-2H3/p+1/b15-11-. The van der Waals surface area contributed by atoms with Crippen molar-refractivity contribution in [1.29, 1.82) is 0 Å². The molecule has 3 rings (SSSR count). The van der Waals surface area contributed by atoms with Crippen LogP contribution in [0.5, 0.6) is 0 Å². The predicted octanol–water partition coefficient (Wildman–Crippen LogP) is 0.553. The molecule has 0 unspecified atom stereocenters. The number of aryl methyl sites for hydroxylation is 1. The van der Waals surface area contributed by atoms with Crippen LogP contribution in [0.4, 0.5) is 0 Å². The first-order chi connectivity index (χ1) is 11.9. The van der Waals surface area contributed by atoms with Crippen molar-refractivity contribution in [1.82, 2.24) is 9.80 Å². The highest BCUT2D eigenvalue weighted by atomic mass is 32.2. The van der Waals surface area contributed by atoms with Crippen LogP contribution in [0.1, 0.15) is 11.1 Å².